The largest absolute Gasteiger partial charge is 0.493 e. The molecule has 0 saturated carbocycles. The highest BCUT2D eigenvalue weighted by Gasteiger charge is 2.13. The summed E-state index contributed by atoms with van der Waals surface area (Å²) in [6.45, 7) is 2.92. The van der Waals surface area contributed by atoms with Crippen molar-refractivity contribution in [2.24, 2.45) is 0 Å². The van der Waals surface area contributed by atoms with E-state index < -0.39 is 0 Å². The topological polar surface area (TPSA) is 73.3 Å². The van der Waals surface area contributed by atoms with Crippen LogP contribution in [-0.2, 0) is 6.54 Å². The quantitative estimate of drug-likeness (QED) is 0.689. The highest BCUT2D eigenvalue weighted by molar-refractivity contribution is 7.13. The van der Waals surface area contributed by atoms with E-state index in [1.165, 1.54) is 11.3 Å². The van der Waals surface area contributed by atoms with E-state index in [0.29, 0.717) is 30.3 Å². The molecular weight excluding hydrogens is 350 g/mol. The van der Waals surface area contributed by atoms with E-state index in [-0.39, 0.29) is 5.91 Å². The van der Waals surface area contributed by atoms with Crippen LogP contribution >= 0.6 is 11.3 Å². The maximum Gasteiger partial charge on any atom is 0.271 e. The summed E-state index contributed by atoms with van der Waals surface area (Å²) < 4.78 is 10.9. The lowest BCUT2D eigenvalue weighted by Gasteiger charge is -2.09. The molecular formula is C19H19N3O3S. The first-order chi connectivity index (χ1) is 12.7. The van der Waals surface area contributed by atoms with Crippen LogP contribution in [0.25, 0.3) is 10.6 Å². The lowest BCUT2D eigenvalue weighted by Crippen LogP contribution is -2.23. The molecule has 0 spiro atoms. The van der Waals surface area contributed by atoms with Crippen LogP contribution in [0.2, 0.25) is 0 Å². The van der Waals surface area contributed by atoms with Crippen molar-refractivity contribution in [3.05, 3.63) is 59.4 Å². The van der Waals surface area contributed by atoms with Crippen molar-refractivity contribution in [3.63, 3.8) is 0 Å². The first kappa shape index (κ1) is 17.9. The molecule has 26 heavy (non-hydrogen) atoms. The van der Waals surface area contributed by atoms with Gasteiger partial charge in [-0.3, -0.25) is 9.78 Å². The number of amides is 1. The van der Waals surface area contributed by atoms with E-state index in [1.54, 1.807) is 24.9 Å². The molecule has 1 aromatic carbocycles. The molecule has 0 atom stereocenters. The Morgan fingerprint density at radius 3 is 2.73 bits per heavy atom. The zero-order chi connectivity index (χ0) is 18.4. The number of methoxy groups -OCH3 is 1. The highest BCUT2D eigenvalue weighted by Crippen LogP contribution is 2.33. The van der Waals surface area contributed by atoms with E-state index in [0.717, 1.165) is 16.1 Å². The van der Waals surface area contributed by atoms with Crippen LogP contribution < -0.4 is 14.8 Å². The predicted molar refractivity (Wildman–Crippen MR) is 101 cm³/mol. The molecule has 0 fully saturated rings. The van der Waals surface area contributed by atoms with Gasteiger partial charge in [0.05, 0.1) is 13.7 Å². The second kappa shape index (κ2) is 8.44. The van der Waals surface area contributed by atoms with Crippen molar-refractivity contribution in [1.29, 1.82) is 0 Å². The third-order valence-corrected chi connectivity index (χ3v) is 4.54. The Balaban J connectivity index is 1.72. The predicted octanol–water partition coefficient (Wildman–Crippen LogP) is 3.54. The van der Waals surface area contributed by atoms with Crippen molar-refractivity contribution in [3.8, 4) is 22.1 Å². The molecule has 3 aromatic rings. The Labute approximate surface area is 155 Å². The first-order valence-electron chi connectivity index (χ1n) is 8.15. The summed E-state index contributed by atoms with van der Waals surface area (Å²) in [6.07, 6.45) is 3.39. The summed E-state index contributed by atoms with van der Waals surface area (Å²) in [4.78, 5) is 20.7. The number of pyridine rings is 1. The number of hydrogen-bond acceptors (Lipinski definition) is 6. The number of rotatable bonds is 7. The van der Waals surface area contributed by atoms with Gasteiger partial charge in [0, 0.05) is 29.9 Å². The molecule has 2 heterocycles. The summed E-state index contributed by atoms with van der Waals surface area (Å²) in [5.74, 6) is 1.12. The van der Waals surface area contributed by atoms with Crippen LogP contribution in [0.1, 0.15) is 23.0 Å². The summed E-state index contributed by atoms with van der Waals surface area (Å²) in [5, 5.41) is 5.36. The second-order valence-electron chi connectivity index (χ2n) is 5.37. The van der Waals surface area contributed by atoms with Gasteiger partial charge in [-0.25, -0.2) is 4.98 Å². The Kier molecular flexibility index (Phi) is 5.80. The standard InChI is InChI=1S/C19H19N3O3S/c1-3-25-16-5-4-14(10-17(16)24-2)19-22-15(12-26-19)18(23)21-11-13-6-8-20-9-7-13/h4-10,12H,3,11H2,1-2H3,(H,21,23). The average Bonchev–Trinajstić information content (AvgIpc) is 3.18. The third kappa shape index (κ3) is 4.18. The zero-order valence-corrected chi connectivity index (χ0v) is 15.4. The smallest absolute Gasteiger partial charge is 0.271 e. The van der Waals surface area contributed by atoms with Gasteiger partial charge in [0.1, 0.15) is 10.7 Å². The number of nitrogens with zero attached hydrogens (tertiary/aromatic N) is 2. The van der Waals surface area contributed by atoms with Crippen LogP contribution in [-0.4, -0.2) is 29.6 Å². The van der Waals surface area contributed by atoms with Crippen molar-refractivity contribution in [1.82, 2.24) is 15.3 Å². The van der Waals surface area contributed by atoms with Gasteiger partial charge in [-0.15, -0.1) is 11.3 Å². The van der Waals surface area contributed by atoms with Crippen molar-refractivity contribution >= 4 is 17.2 Å². The lowest BCUT2D eigenvalue weighted by molar-refractivity contribution is 0.0946. The number of hydrogen-bond donors (Lipinski definition) is 1. The molecule has 0 radical (unpaired) electrons. The van der Waals surface area contributed by atoms with Gasteiger partial charge < -0.3 is 14.8 Å². The molecule has 0 unspecified atom stereocenters. The number of aromatic nitrogens is 2. The number of thiazole rings is 1. The summed E-state index contributed by atoms with van der Waals surface area (Å²) >= 11 is 1.41. The molecule has 3 rings (SSSR count). The molecule has 2 aromatic heterocycles. The minimum absolute atomic E-state index is 0.206. The maximum atomic E-state index is 12.3. The Morgan fingerprint density at radius 2 is 2.00 bits per heavy atom. The monoisotopic (exact) mass is 369 g/mol. The maximum absolute atomic E-state index is 12.3. The number of ether oxygens (including phenoxy) is 2. The first-order valence-corrected chi connectivity index (χ1v) is 9.03. The van der Waals surface area contributed by atoms with Crippen LogP contribution in [0.5, 0.6) is 11.5 Å². The molecule has 0 aliphatic carbocycles. The number of carbonyl (C=O) groups excluding carboxylic acids is 1. The molecule has 0 aliphatic heterocycles. The van der Waals surface area contributed by atoms with Crippen LogP contribution in [0, 0.1) is 0 Å². The fourth-order valence-electron chi connectivity index (χ4n) is 2.36. The third-order valence-electron chi connectivity index (χ3n) is 3.65. The Bertz CT molecular complexity index is 881. The SMILES string of the molecule is CCOc1ccc(-c2nc(C(=O)NCc3ccncc3)cs2)cc1OC. The van der Waals surface area contributed by atoms with Crippen molar-refractivity contribution in [2.45, 2.75) is 13.5 Å². The molecule has 0 saturated heterocycles. The van der Waals surface area contributed by atoms with Gasteiger partial charge in [-0.1, -0.05) is 0 Å². The van der Waals surface area contributed by atoms with Crippen LogP contribution in [0.15, 0.2) is 48.1 Å². The number of nitrogens with one attached hydrogen (secondary N) is 1. The molecule has 1 N–H and O–H groups in total. The zero-order valence-electron chi connectivity index (χ0n) is 14.6. The van der Waals surface area contributed by atoms with Gasteiger partial charge in [-0.2, -0.15) is 0 Å². The second-order valence-corrected chi connectivity index (χ2v) is 6.23. The number of carbonyl (C=O) groups is 1. The molecule has 1 amide bonds. The highest BCUT2D eigenvalue weighted by atomic mass is 32.1. The van der Waals surface area contributed by atoms with E-state index in [2.05, 4.69) is 15.3 Å². The summed E-state index contributed by atoms with van der Waals surface area (Å²) in [6, 6.07) is 9.34. The average molecular weight is 369 g/mol. The normalized spacial score (nSPS) is 10.4. The lowest BCUT2D eigenvalue weighted by atomic mass is 10.2. The van der Waals surface area contributed by atoms with Gasteiger partial charge >= 0.3 is 0 Å². The minimum atomic E-state index is -0.206. The molecule has 7 heteroatoms. The minimum Gasteiger partial charge on any atom is -0.493 e. The van der Waals surface area contributed by atoms with E-state index >= 15 is 0 Å². The van der Waals surface area contributed by atoms with E-state index in [9.17, 15) is 4.79 Å². The Hall–Kier alpha value is -2.93. The molecule has 6 nitrogen and oxygen atoms in total. The van der Waals surface area contributed by atoms with Crippen LogP contribution in [0.4, 0.5) is 0 Å². The molecule has 0 aliphatic rings. The van der Waals surface area contributed by atoms with Gasteiger partial charge in [0.2, 0.25) is 0 Å². The molecule has 134 valence electrons. The summed E-state index contributed by atoms with van der Waals surface area (Å²) in [5.41, 5.74) is 2.26. The Morgan fingerprint density at radius 1 is 1.19 bits per heavy atom. The fraction of sp³-hybridized carbons (Fsp3) is 0.211. The van der Waals surface area contributed by atoms with Gasteiger partial charge in [0.15, 0.2) is 11.5 Å². The van der Waals surface area contributed by atoms with E-state index in [4.69, 9.17) is 9.47 Å². The summed E-state index contributed by atoms with van der Waals surface area (Å²) in [7, 11) is 1.60. The van der Waals surface area contributed by atoms with Gasteiger partial charge in [-0.05, 0) is 42.8 Å². The van der Waals surface area contributed by atoms with Crippen LogP contribution in [0.3, 0.4) is 0 Å². The number of benzene rings is 1. The molecule has 0 bridgehead atoms. The van der Waals surface area contributed by atoms with Crippen molar-refractivity contribution < 1.29 is 14.3 Å². The fourth-order valence-corrected chi connectivity index (χ4v) is 3.16. The van der Waals surface area contributed by atoms with Crippen molar-refractivity contribution in [2.75, 3.05) is 13.7 Å². The van der Waals surface area contributed by atoms with E-state index in [1.807, 2.05) is 37.3 Å². The van der Waals surface area contributed by atoms with Gasteiger partial charge in [0.25, 0.3) is 5.91 Å².